The van der Waals surface area contributed by atoms with E-state index in [-0.39, 0.29) is 16.5 Å². The van der Waals surface area contributed by atoms with Gasteiger partial charge in [-0.3, -0.25) is 16.0 Å². The number of hydrogen-bond donors (Lipinski definition) is 2. The number of nitrogens with zero attached hydrogens (tertiary/aromatic N) is 2. The summed E-state index contributed by atoms with van der Waals surface area (Å²) in [7, 11) is -3.85. The van der Waals surface area contributed by atoms with Gasteiger partial charge in [0.1, 0.15) is 0 Å². The number of sulfonamides is 1. The second kappa shape index (κ2) is 5.35. The summed E-state index contributed by atoms with van der Waals surface area (Å²) >= 11 is 0. The molecule has 0 amide bonds. The van der Waals surface area contributed by atoms with E-state index in [1.807, 2.05) is 6.92 Å². The fraction of sp³-hybridized carbons (Fsp3) is 0.455. The fourth-order valence-corrected chi connectivity index (χ4v) is 3.93. The van der Waals surface area contributed by atoms with Crippen LogP contribution in [0.3, 0.4) is 0 Å². The van der Waals surface area contributed by atoms with Crippen LogP contribution in [-0.2, 0) is 10.0 Å². The van der Waals surface area contributed by atoms with Crippen LogP contribution >= 0.6 is 0 Å². The third-order valence-electron chi connectivity index (χ3n) is 3.33. The van der Waals surface area contributed by atoms with Crippen molar-refractivity contribution in [2.75, 3.05) is 18.5 Å². The number of nitrogen functional groups attached to an aromatic ring is 1. The number of nitrogens with two attached hydrogens (primary N) is 1. The number of nitro groups is 1. The van der Waals surface area contributed by atoms with Gasteiger partial charge in [0, 0.05) is 19.2 Å². The summed E-state index contributed by atoms with van der Waals surface area (Å²) in [6, 6.07) is 3.73. The highest BCUT2D eigenvalue weighted by Crippen LogP contribution is 2.31. The summed E-state index contributed by atoms with van der Waals surface area (Å²) in [5, 5.41) is 11.1. The van der Waals surface area contributed by atoms with E-state index in [1.54, 1.807) is 0 Å². The van der Waals surface area contributed by atoms with E-state index < -0.39 is 20.6 Å². The van der Waals surface area contributed by atoms with Crippen molar-refractivity contribution in [2.45, 2.75) is 18.2 Å². The maximum Gasteiger partial charge on any atom is 0.291 e. The van der Waals surface area contributed by atoms with Crippen LogP contribution in [0.4, 0.5) is 11.4 Å². The van der Waals surface area contributed by atoms with Crippen LogP contribution < -0.4 is 11.3 Å². The Labute approximate surface area is 116 Å². The highest BCUT2D eigenvalue weighted by Gasteiger charge is 2.35. The quantitative estimate of drug-likeness (QED) is 0.484. The summed E-state index contributed by atoms with van der Waals surface area (Å²) in [5.41, 5.74) is 2.08. The van der Waals surface area contributed by atoms with Gasteiger partial charge in [0.05, 0.1) is 10.6 Å². The molecule has 0 saturated carbocycles. The van der Waals surface area contributed by atoms with Crippen LogP contribution in [-0.4, -0.2) is 30.7 Å². The number of hydrazine groups is 1. The Balaban J connectivity index is 2.48. The van der Waals surface area contributed by atoms with E-state index >= 15 is 0 Å². The molecule has 0 aromatic heterocycles. The molecule has 0 aliphatic carbocycles. The Kier molecular flexibility index (Phi) is 3.93. The Bertz CT molecular complexity index is 631. The molecule has 1 aromatic carbocycles. The molecule has 1 saturated heterocycles. The first-order valence-electron chi connectivity index (χ1n) is 6.11. The predicted octanol–water partition coefficient (Wildman–Crippen LogP) is 0.911. The van der Waals surface area contributed by atoms with Crippen molar-refractivity contribution < 1.29 is 13.3 Å². The van der Waals surface area contributed by atoms with E-state index in [0.29, 0.717) is 13.1 Å². The zero-order chi connectivity index (χ0) is 14.9. The minimum atomic E-state index is -3.85. The zero-order valence-electron chi connectivity index (χ0n) is 10.9. The molecule has 0 radical (unpaired) electrons. The first-order chi connectivity index (χ1) is 9.36. The number of hydrogen-bond acceptors (Lipinski definition) is 6. The molecule has 2 rings (SSSR count). The normalized spacial score (nSPS) is 20.0. The van der Waals surface area contributed by atoms with Gasteiger partial charge in [0.25, 0.3) is 5.69 Å². The first-order valence-corrected chi connectivity index (χ1v) is 7.55. The smallest absolute Gasteiger partial charge is 0.291 e. The SMILES string of the molecule is CC1CCN(S(=O)(=O)c2ccc(NN)cc2[N+](=O)[O-])C1. The Morgan fingerprint density at radius 2 is 2.20 bits per heavy atom. The van der Waals surface area contributed by atoms with Gasteiger partial charge in [0.2, 0.25) is 10.0 Å². The molecule has 0 bridgehead atoms. The summed E-state index contributed by atoms with van der Waals surface area (Å²) in [6.07, 6.45) is 0.759. The molecule has 1 aliphatic rings. The number of nitro benzene ring substituents is 1. The maximum absolute atomic E-state index is 12.5. The molecule has 8 nitrogen and oxygen atoms in total. The molecule has 20 heavy (non-hydrogen) atoms. The van der Waals surface area contributed by atoms with Crippen molar-refractivity contribution in [1.82, 2.24) is 4.31 Å². The van der Waals surface area contributed by atoms with Gasteiger partial charge in [-0.2, -0.15) is 4.31 Å². The van der Waals surface area contributed by atoms with Gasteiger partial charge in [-0.1, -0.05) is 6.92 Å². The van der Waals surface area contributed by atoms with Gasteiger partial charge in [-0.15, -0.1) is 0 Å². The van der Waals surface area contributed by atoms with Gasteiger partial charge < -0.3 is 5.43 Å². The molecule has 1 aromatic rings. The monoisotopic (exact) mass is 300 g/mol. The van der Waals surface area contributed by atoms with Crippen LogP contribution in [0.5, 0.6) is 0 Å². The molecule has 0 spiro atoms. The average molecular weight is 300 g/mol. The van der Waals surface area contributed by atoms with E-state index in [1.165, 1.54) is 16.4 Å². The molecule has 1 fully saturated rings. The van der Waals surface area contributed by atoms with Crippen molar-refractivity contribution in [2.24, 2.45) is 11.8 Å². The molecule has 1 unspecified atom stereocenters. The second-order valence-electron chi connectivity index (χ2n) is 4.84. The van der Waals surface area contributed by atoms with Crippen LogP contribution in [0.25, 0.3) is 0 Å². The molecule has 110 valence electrons. The van der Waals surface area contributed by atoms with Gasteiger partial charge in [0.15, 0.2) is 4.90 Å². The molecule has 1 atom stereocenters. The van der Waals surface area contributed by atoms with Gasteiger partial charge in [-0.05, 0) is 24.5 Å². The number of rotatable bonds is 4. The van der Waals surface area contributed by atoms with Crippen LogP contribution in [0, 0.1) is 16.0 Å². The highest BCUT2D eigenvalue weighted by atomic mass is 32.2. The minimum Gasteiger partial charge on any atom is -0.324 e. The van der Waals surface area contributed by atoms with Crippen molar-refractivity contribution in [3.05, 3.63) is 28.3 Å². The Morgan fingerprint density at radius 3 is 2.70 bits per heavy atom. The lowest BCUT2D eigenvalue weighted by molar-refractivity contribution is -0.387. The summed E-state index contributed by atoms with van der Waals surface area (Å²) in [5.74, 6) is 5.44. The Hall–Kier alpha value is -1.71. The largest absolute Gasteiger partial charge is 0.324 e. The van der Waals surface area contributed by atoms with Crippen molar-refractivity contribution in [3.63, 3.8) is 0 Å². The highest BCUT2D eigenvalue weighted by molar-refractivity contribution is 7.89. The Morgan fingerprint density at radius 1 is 1.50 bits per heavy atom. The molecule has 3 N–H and O–H groups in total. The third-order valence-corrected chi connectivity index (χ3v) is 5.24. The standard InChI is InChI=1S/C11H16N4O4S/c1-8-4-5-14(7-8)20(18,19)11-3-2-9(13-12)6-10(11)15(16)17/h2-3,6,8,13H,4-5,7,12H2,1H3. The first kappa shape index (κ1) is 14.7. The van der Waals surface area contributed by atoms with E-state index in [4.69, 9.17) is 5.84 Å². The number of benzene rings is 1. The lowest BCUT2D eigenvalue weighted by atomic mass is 10.2. The second-order valence-corrected chi connectivity index (χ2v) is 6.75. The van der Waals surface area contributed by atoms with Crippen molar-refractivity contribution >= 4 is 21.4 Å². The number of anilines is 1. The van der Waals surface area contributed by atoms with E-state index in [9.17, 15) is 18.5 Å². The average Bonchev–Trinajstić information content (AvgIpc) is 2.85. The van der Waals surface area contributed by atoms with Gasteiger partial charge >= 0.3 is 0 Å². The topological polar surface area (TPSA) is 119 Å². The molecule has 1 heterocycles. The lowest BCUT2D eigenvalue weighted by Gasteiger charge is -2.16. The minimum absolute atomic E-state index is 0.258. The van der Waals surface area contributed by atoms with Crippen LogP contribution in [0.15, 0.2) is 23.1 Å². The molecule has 1 aliphatic heterocycles. The van der Waals surface area contributed by atoms with Crippen molar-refractivity contribution in [3.8, 4) is 0 Å². The van der Waals surface area contributed by atoms with Crippen LogP contribution in [0.1, 0.15) is 13.3 Å². The van der Waals surface area contributed by atoms with E-state index in [2.05, 4.69) is 5.43 Å². The summed E-state index contributed by atoms with van der Waals surface area (Å²) in [4.78, 5) is 10.1. The predicted molar refractivity (Wildman–Crippen MR) is 73.4 cm³/mol. The lowest BCUT2D eigenvalue weighted by Crippen LogP contribution is -2.29. The zero-order valence-corrected chi connectivity index (χ0v) is 11.8. The van der Waals surface area contributed by atoms with E-state index in [0.717, 1.165) is 12.5 Å². The molecular weight excluding hydrogens is 284 g/mol. The third kappa shape index (κ3) is 2.60. The maximum atomic E-state index is 12.5. The summed E-state index contributed by atoms with van der Waals surface area (Å²) < 4.78 is 26.2. The molecule has 9 heteroatoms. The van der Waals surface area contributed by atoms with Gasteiger partial charge in [-0.25, -0.2) is 8.42 Å². The van der Waals surface area contributed by atoms with Crippen molar-refractivity contribution in [1.29, 1.82) is 0 Å². The molecular formula is C11H16N4O4S. The fourth-order valence-electron chi connectivity index (χ4n) is 2.22. The number of nitrogens with one attached hydrogen (secondary N) is 1. The summed E-state index contributed by atoms with van der Waals surface area (Å²) in [6.45, 7) is 2.72. The van der Waals surface area contributed by atoms with Crippen LogP contribution in [0.2, 0.25) is 0 Å².